The molecule has 3 heteroatoms. The highest BCUT2D eigenvalue weighted by Gasteiger charge is 2.16. The molecule has 0 saturated carbocycles. The summed E-state index contributed by atoms with van der Waals surface area (Å²) >= 11 is 0. The van der Waals surface area contributed by atoms with Gasteiger partial charge in [0.1, 0.15) is 5.84 Å². The van der Waals surface area contributed by atoms with Crippen LogP contribution in [0.5, 0.6) is 0 Å². The van der Waals surface area contributed by atoms with Crippen molar-refractivity contribution in [3.05, 3.63) is 35.4 Å². The molecule has 0 spiro atoms. The summed E-state index contributed by atoms with van der Waals surface area (Å²) in [6, 6.07) is 8.51. The lowest BCUT2D eigenvalue weighted by molar-refractivity contribution is 0.556. The van der Waals surface area contributed by atoms with Crippen molar-refractivity contribution in [3.63, 3.8) is 0 Å². The van der Waals surface area contributed by atoms with Crippen LogP contribution in [0.15, 0.2) is 29.3 Å². The van der Waals surface area contributed by atoms with Crippen molar-refractivity contribution in [1.29, 1.82) is 0 Å². The summed E-state index contributed by atoms with van der Waals surface area (Å²) in [5.74, 6) is 1.13. The van der Waals surface area contributed by atoms with Gasteiger partial charge >= 0.3 is 0 Å². The second-order valence-electron chi connectivity index (χ2n) is 4.18. The summed E-state index contributed by atoms with van der Waals surface area (Å²) < 4.78 is 0. The molecule has 0 aromatic heterocycles. The molecule has 3 nitrogen and oxygen atoms in total. The van der Waals surface area contributed by atoms with E-state index in [1.807, 2.05) is 0 Å². The van der Waals surface area contributed by atoms with Crippen molar-refractivity contribution in [1.82, 2.24) is 4.90 Å². The number of hydrogen-bond donors (Lipinski definition) is 1. The summed E-state index contributed by atoms with van der Waals surface area (Å²) in [7, 11) is 2.10. The van der Waals surface area contributed by atoms with E-state index in [4.69, 9.17) is 5.73 Å². The standard InChI is InChI=1S/C13H19N3/c1-16-10-9-15-13(16)12-7-3-2-5-11(12)6-4-8-14/h2-3,5,7H,4,6,8-10,14H2,1H3. The predicted molar refractivity (Wildman–Crippen MR) is 67.9 cm³/mol. The first-order chi connectivity index (χ1) is 7.83. The van der Waals surface area contributed by atoms with E-state index in [2.05, 4.69) is 41.2 Å². The second-order valence-corrected chi connectivity index (χ2v) is 4.18. The van der Waals surface area contributed by atoms with Crippen LogP contribution in [0.4, 0.5) is 0 Å². The largest absolute Gasteiger partial charge is 0.358 e. The van der Waals surface area contributed by atoms with Crippen molar-refractivity contribution in [2.75, 3.05) is 26.7 Å². The fraction of sp³-hybridized carbons (Fsp3) is 0.462. The molecule has 0 bridgehead atoms. The summed E-state index contributed by atoms with van der Waals surface area (Å²) in [6.07, 6.45) is 2.08. The van der Waals surface area contributed by atoms with Crippen molar-refractivity contribution in [2.45, 2.75) is 12.8 Å². The molecular weight excluding hydrogens is 198 g/mol. The third-order valence-corrected chi connectivity index (χ3v) is 2.97. The first-order valence-electron chi connectivity index (χ1n) is 5.87. The van der Waals surface area contributed by atoms with Crippen LogP contribution in [0, 0.1) is 0 Å². The number of aliphatic imine (C=N–C) groups is 1. The number of hydrogen-bond acceptors (Lipinski definition) is 3. The average molecular weight is 217 g/mol. The van der Waals surface area contributed by atoms with Gasteiger partial charge in [-0.1, -0.05) is 24.3 Å². The van der Waals surface area contributed by atoms with Gasteiger partial charge in [-0.25, -0.2) is 0 Å². The van der Waals surface area contributed by atoms with Crippen molar-refractivity contribution < 1.29 is 0 Å². The van der Waals surface area contributed by atoms with Crippen molar-refractivity contribution >= 4 is 5.84 Å². The summed E-state index contributed by atoms with van der Waals surface area (Å²) in [5.41, 5.74) is 8.20. The molecule has 0 aliphatic carbocycles. The highest BCUT2D eigenvalue weighted by atomic mass is 15.2. The maximum absolute atomic E-state index is 5.57. The van der Waals surface area contributed by atoms with E-state index in [9.17, 15) is 0 Å². The fourth-order valence-corrected chi connectivity index (χ4v) is 2.07. The Labute approximate surface area is 97.0 Å². The fourth-order valence-electron chi connectivity index (χ4n) is 2.07. The Morgan fingerprint density at radius 1 is 1.38 bits per heavy atom. The van der Waals surface area contributed by atoms with Gasteiger partial charge in [-0.3, -0.25) is 4.99 Å². The molecule has 1 aliphatic rings. The van der Waals surface area contributed by atoms with Crippen LogP contribution >= 0.6 is 0 Å². The molecule has 16 heavy (non-hydrogen) atoms. The van der Waals surface area contributed by atoms with E-state index in [0.29, 0.717) is 0 Å². The lowest BCUT2D eigenvalue weighted by Crippen LogP contribution is -2.24. The Kier molecular flexibility index (Phi) is 3.57. The second kappa shape index (κ2) is 5.12. The quantitative estimate of drug-likeness (QED) is 0.825. The third-order valence-electron chi connectivity index (χ3n) is 2.97. The molecule has 0 atom stereocenters. The molecule has 2 rings (SSSR count). The first kappa shape index (κ1) is 11.1. The minimum atomic E-state index is 0.747. The van der Waals surface area contributed by atoms with Crippen LogP contribution in [0.25, 0.3) is 0 Å². The Bertz CT molecular complexity index is 385. The Morgan fingerprint density at radius 2 is 2.19 bits per heavy atom. The molecule has 2 N–H and O–H groups in total. The topological polar surface area (TPSA) is 41.6 Å². The predicted octanol–water partition coefficient (Wildman–Crippen LogP) is 1.27. The minimum absolute atomic E-state index is 0.747. The van der Waals surface area contributed by atoms with E-state index < -0.39 is 0 Å². The smallest absolute Gasteiger partial charge is 0.131 e. The highest BCUT2D eigenvalue weighted by Crippen LogP contribution is 2.16. The van der Waals surface area contributed by atoms with Crippen molar-refractivity contribution in [2.24, 2.45) is 10.7 Å². The molecule has 1 aromatic rings. The van der Waals surface area contributed by atoms with Gasteiger partial charge in [-0.2, -0.15) is 0 Å². The van der Waals surface area contributed by atoms with Crippen LogP contribution in [0.2, 0.25) is 0 Å². The number of rotatable bonds is 4. The minimum Gasteiger partial charge on any atom is -0.358 e. The highest BCUT2D eigenvalue weighted by molar-refractivity contribution is 6.00. The van der Waals surface area contributed by atoms with Gasteiger partial charge in [0.05, 0.1) is 6.54 Å². The van der Waals surface area contributed by atoms with Gasteiger partial charge in [0, 0.05) is 19.2 Å². The monoisotopic (exact) mass is 217 g/mol. The molecule has 0 fully saturated rings. The lowest BCUT2D eigenvalue weighted by atomic mass is 10.0. The average Bonchev–Trinajstić information content (AvgIpc) is 2.73. The van der Waals surface area contributed by atoms with Gasteiger partial charge in [-0.15, -0.1) is 0 Å². The lowest BCUT2D eigenvalue weighted by Gasteiger charge is -2.16. The Morgan fingerprint density at radius 3 is 2.88 bits per heavy atom. The van der Waals surface area contributed by atoms with E-state index in [0.717, 1.165) is 38.3 Å². The number of amidine groups is 1. The van der Waals surface area contributed by atoms with E-state index >= 15 is 0 Å². The number of aryl methyl sites for hydroxylation is 1. The summed E-state index contributed by atoms with van der Waals surface area (Å²) in [5, 5.41) is 0. The normalized spacial score (nSPS) is 15.4. The molecule has 0 saturated heterocycles. The molecular formula is C13H19N3. The van der Waals surface area contributed by atoms with Crippen molar-refractivity contribution in [3.8, 4) is 0 Å². The molecule has 0 radical (unpaired) electrons. The van der Waals surface area contributed by atoms with Crippen LogP contribution < -0.4 is 5.73 Å². The van der Waals surface area contributed by atoms with E-state index in [1.54, 1.807) is 0 Å². The first-order valence-corrected chi connectivity index (χ1v) is 5.87. The van der Waals surface area contributed by atoms with Crippen LogP contribution in [0.3, 0.4) is 0 Å². The zero-order valence-corrected chi connectivity index (χ0v) is 9.82. The van der Waals surface area contributed by atoms with Gasteiger partial charge in [-0.05, 0) is 24.9 Å². The molecule has 1 heterocycles. The molecule has 0 unspecified atom stereocenters. The maximum atomic E-state index is 5.57. The summed E-state index contributed by atoms with van der Waals surface area (Å²) in [6.45, 7) is 2.69. The Hall–Kier alpha value is -1.35. The molecule has 86 valence electrons. The molecule has 0 amide bonds. The van der Waals surface area contributed by atoms with Gasteiger partial charge in [0.2, 0.25) is 0 Å². The number of benzene rings is 1. The Balaban J connectivity index is 2.25. The SMILES string of the molecule is CN1CCN=C1c1ccccc1CCCN. The number of likely N-dealkylation sites (N-methyl/N-ethyl adjacent to an activating group) is 1. The number of nitrogens with zero attached hydrogens (tertiary/aromatic N) is 2. The van der Waals surface area contributed by atoms with Gasteiger partial charge in [0.15, 0.2) is 0 Å². The summed E-state index contributed by atoms with van der Waals surface area (Å²) in [4.78, 5) is 6.79. The third kappa shape index (κ3) is 2.25. The van der Waals surface area contributed by atoms with E-state index in [-0.39, 0.29) is 0 Å². The van der Waals surface area contributed by atoms with Crippen LogP contribution in [-0.4, -0.2) is 37.4 Å². The van der Waals surface area contributed by atoms with Crippen LogP contribution in [0.1, 0.15) is 17.5 Å². The van der Waals surface area contributed by atoms with Gasteiger partial charge in [0.25, 0.3) is 0 Å². The zero-order chi connectivity index (χ0) is 11.4. The van der Waals surface area contributed by atoms with Gasteiger partial charge < -0.3 is 10.6 Å². The molecule has 1 aromatic carbocycles. The maximum Gasteiger partial charge on any atom is 0.131 e. The molecule has 1 aliphatic heterocycles. The number of nitrogens with two attached hydrogens (primary N) is 1. The zero-order valence-electron chi connectivity index (χ0n) is 9.82. The van der Waals surface area contributed by atoms with E-state index in [1.165, 1.54) is 11.1 Å². The van der Waals surface area contributed by atoms with Crippen LogP contribution in [-0.2, 0) is 6.42 Å².